The van der Waals surface area contributed by atoms with E-state index in [9.17, 15) is 23.3 Å². The van der Waals surface area contributed by atoms with E-state index in [2.05, 4.69) is 19.2 Å². The van der Waals surface area contributed by atoms with Gasteiger partial charge in [0.25, 0.3) is 5.69 Å². The Morgan fingerprint density at radius 1 is 1.19 bits per heavy atom. The summed E-state index contributed by atoms with van der Waals surface area (Å²) in [7, 11) is -3.55. The first-order chi connectivity index (χ1) is 14.6. The molecule has 0 spiro atoms. The van der Waals surface area contributed by atoms with Crippen LogP contribution in [0.1, 0.15) is 24.8 Å². The lowest BCUT2D eigenvalue weighted by Gasteiger charge is -2.36. The highest BCUT2D eigenvalue weighted by atomic mass is 32.2. The van der Waals surface area contributed by atoms with Crippen molar-refractivity contribution in [3.8, 4) is 0 Å². The molecule has 1 saturated heterocycles. The quantitative estimate of drug-likeness (QED) is 0.516. The Morgan fingerprint density at radius 3 is 2.39 bits per heavy atom. The van der Waals surface area contributed by atoms with E-state index in [1.807, 2.05) is 22.4 Å². The fraction of sp³-hybridized carbons (Fsp3) is 0.450. The molecule has 0 unspecified atom stereocenters. The molecule has 11 heteroatoms. The Kier molecular flexibility index (Phi) is 6.85. The van der Waals surface area contributed by atoms with E-state index in [-0.39, 0.29) is 28.6 Å². The summed E-state index contributed by atoms with van der Waals surface area (Å²) in [4.78, 5) is 28.3. The molecule has 2 amide bonds. The molecular weight excluding hydrogens is 440 g/mol. The first-order valence-corrected chi connectivity index (χ1v) is 12.7. The lowest BCUT2D eigenvalue weighted by Crippen LogP contribution is -2.52. The maximum absolute atomic E-state index is 12.8. The average Bonchev–Trinajstić information content (AvgIpc) is 3.25. The zero-order valence-electron chi connectivity index (χ0n) is 17.6. The maximum Gasteiger partial charge on any atom is 0.318 e. The number of thiophene rings is 1. The number of hydrogen-bond donors (Lipinski definition) is 1. The molecule has 1 aromatic carbocycles. The first-order valence-electron chi connectivity index (χ1n) is 9.90. The molecule has 0 saturated carbocycles. The van der Waals surface area contributed by atoms with E-state index >= 15 is 0 Å². The van der Waals surface area contributed by atoms with Gasteiger partial charge in [-0.15, -0.1) is 11.3 Å². The van der Waals surface area contributed by atoms with Crippen molar-refractivity contribution < 1.29 is 18.1 Å². The third-order valence-electron chi connectivity index (χ3n) is 5.27. The van der Waals surface area contributed by atoms with Crippen molar-refractivity contribution in [3.63, 3.8) is 0 Å². The molecule has 0 bridgehead atoms. The third-order valence-corrected chi connectivity index (χ3v) is 7.34. The minimum absolute atomic E-state index is 0.0739. The summed E-state index contributed by atoms with van der Waals surface area (Å²) >= 11 is 1.60. The summed E-state index contributed by atoms with van der Waals surface area (Å²) in [5.74, 6) is 0.236. The molecule has 0 aliphatic carbocycles. The molecule has 31 heavy (non-hydrogen) atoms. The molecular formula is C20H26N4O5S2. The van der Waals surface area contributed by atoms with Gasteiger partial charge < -0.3 is 15.1 Å². The third kappa shape index (κ3) is 5.34. The molecule has 3 rings (SSSR count). The predicted molar refractivity (Wildman–Crippen MR) is 120 cm³/mol. The first kappa shape index (κ1) is 23.0. The van der Waals surface area contributed by atoms with Gasteiger partial charge in [-0.1, -0.05) is 19.9 Å². The SMILES string of the molecule is CC(C)[C@@H](NC(=O)N1CCN(c2ccc(S(C)(=O)=O)cc2[N+](=O)[O-])CC1)c1cccs1. The van der Waals surface area contributed by atoms with E-state index in [0.717, 1.165) is 17.2 Å². The summed E-state index contributed by atoms with van der Waals surface area (Å²) in [6.45, 7) is 5.76. The van der Waals surface area contributed by atoms with Crippen molar-refractivity contribution in [3.05, 3.63) is 50.7 Å². The Balaban J connectivity index is 1.69. The molecule has 2 heterocycles. The second-order valence-electron chi connectivity index (χ2n) is 7.84. The molecule has 1 N–H and O–H groups in total. The number of nitro groups is 1. The van der Waals surface area contributed by atoms with Crippen molar-refractivity contribution in [1.82, 2.24) is 10.2 Å². The zero-order chi connectivity index (χ0) is 22.8. The monoisotopic (exact) mass is 466 g/mol. The number of benzene rings is 1. The highest BCUT2D eigenvalue weighted by Crippen LogP contribution is 2.32. The minimum atomic E-state index is -3.55. The topological polar surface area (TPSA) is 113 Å². The number of amides is 2. The van der Waals surface area contributed by atoms with Gasteiger partial charge in [0.2, 0.25) is 0 Å². The Morgan fingerprint density at radius 2 is 1.87 bits per heavy atom. The fourth-order valence-corrected chi connectivity index (χ4v) is 5.15. The number of carbonyl (C=O) groups is 1. The summed E-state index contributed by atoms with van der Waals surface area (Å²) in [6, 6.07) is 7.68. The number of nitrogens with one attached hydrogen (secondary N) is 1. The number of carbonyl (C=O) groups excluding carboxylic acids is 1. The van der Waals surface area contributed by atoms with Crippen LogP contribution in [0.4, 0.5) is 16.2 Å². The molecule has 1 aliphatic heterocycles. The van der Waals surface area contributed by atoms with Crippen LogP contribution in [0.15, 0.2) is 40.6 Å². The van der Waals surface area contributed by atoms with Crippen molar-refractivity contribution in [2.24, 2.45) is 5.92 Å². The number of sulfone groups is 1. The van der Waals surface area contributed by atoms with Crippen LogP contribution in [0.2, 0.25) is 0 Å². The molecule has 0 radical (unpaired) electrons. The minimum Gasteiger partial charge on any atom is -0.362 e. The highest BCUT2D eigenvalue weighted by molar-refractivity contribution is 7.90. The van der Waals surface area contributed by atoms with Crippen molar-refractivity contribution in [2.75, 3.05) is 37.3 Å². The van der Waals surface area contributed by atoms with Crippen LogP contribution in [0.5, 0.6) is 0 Å². The van der Waals surface area contributed by atoms with E-state index in [4.69, 9.17) is 0 Å². The number of urea groups is 1. The molecule has 1 atom stereocenters. The number of piperazine rings is 1. The molecule has 1 aliphatic rings. The van der Waals surface area contributed by atoms with E-state index in [1.54, 1.807) is 16.2 Å². The largest absolute Gasteiger partial charge is 0.362 e. The van der Waals surface area contributed by atoms with E-state index in [0.29, 0.717) is 31.9 Å². The highest BCUT2D eigenvalue weighted by Gasteiger charge is 2.29. The van der Waals surface area contributed by atoms with E-state index < -0.39 is 14.8 Å². The van der Waals surface area contributed by atoms with E-state index in [1.165, 1.54) is 12.1 Å². The molecule has 1 fully saturated rings. The number of nitro benzene ring substituents is 1. The van der Waals surface area contributed by atoms with Gasteiger partial charge >= 0.3 is 6.03 Å². The smallest absolute Gasteiger partial charge is 0.318 e. The van der Waals surface area contributed by atoms with Gasteiger partial charge in [0, 0.05) is 43.4 Å². The van der Waals surface area contributed by atoms with Crippen LogP contribution >= 0.6 is 11.3 Å². The Hall–Kier alpha value is -2.66. The van der Waals surface area contributed by atoms with Gasteiger partial charge in [-0.2, -0.15) is 0 Å². The summed E-state index contributed by atoms with van der Waals surface area (Å²) in [5.41, 5.74) is 0.106. The van der Waals surface area contributed by atoms with Gasteiger partial charge in [0.15, 0.2) is 9.84 Å². The van der Waals surface area contributed by atoms with Crippen molar-refractivity contribution in [2.45, 2.75) is 24.8 Å². The van der Waals surface area contributed by atoms with Crippen molar-refractivity contribution in [1.29, 1.82) is 0 Å². The lowest BCUT2D eigenvalue weighted by atomic mass is 10.0. The van der Waals surface area contributed by atoms with Crippen LogP contribution in [0, 0.1) is 16.0 Å². The van der Waals surface area contributed by atoms with Crippen LogP contribution in [-0.2, 0) is 9.84 Å². The van der Waals surface area contributed by atoms with Gasteiger partial charge in [-0.25, -0.2) is 13.2 Å². The molecule has 9 nitrogen and oxygen atoms in total. The van der Waals surface area contributed by atoms with Gasteiger partial charge in [-0.05, 0) is 29.5 Å². The van der Waals surface area contributed by atoms with Gasteiger partial charge in [0.05, 0.1) is 15.9 Å². The number of nitrogens with zero attached hydrogens (tertiary/aromatic N) is 3. The number of rotatable bonds is 6. The standard InChI is InChI=1S/C20H26N4O5S2/c1-14(2)19(18-5-4-12-30-18)21-20(25)23-10-8-22(9-11-23)16-7-6-15(31(3,28)29)13-17(16)24(26)27/h4-7,12-14,19H,8-11H2,1-3H3,(H,21,25)/t19-/m1/s1. The summed E-state index contributed by atoms with van der Waals surface area (Å²) in [6.07, 6.45) is 1.02. The average molecular weight is 467 g/mol. The molecule has 2 aromatic rings. The maximum atomic E-state index is 12.8. The second kappa shape index (κ2) is 9.23. The zero-order valence-corrected chi connectivity index (χ0v) is 19.3. The molecule has 1 aromatic heterocycles. The van der Waals surface area contributed by atoms with Crippen LogP contribution in [-0.4, -0.2) is 56.7 Å². The van der Waals surface area contributed by atoms with Crippen LogP contribution in [0.3, 0.4) is 0 Å². The number of hydrogen-bond acceptors (Lipinski definition) is 7. The summed E-state index contributed by atoms with van der Waals surface area (Å²) < 4.78 is 23.5. The second-order valence-corrected chi connectivity index (χ2v) is 10.8. The van der Waals surface area contributed by atoms with Crippen molar-refractivity contribution >= 4 is 38.6 Å². The predicted octanol–water partition coefficient (Wildman–Crippen LogP) is 3.29. The molecule has 168 valence electrons. The summed E-state index contributed by atoms with van der Waals surface area (Å²) in [5, 5.41) is 16.6. The number of anilines is 1. The fourth-order valence-electron chi connectivity index (χ4n) is 3.56. The lowest BCUT2D eigenvalue weighted by molar-refractivity contribution is -0.384. The van der Waals surface area contributed by atoms with Gasteiger partial charge in [-0.3, -0.25) is 10.1 Å². The normalized spacial score (nSPS) is 15.7. The van der Waals surface area contributed by atoms with Crippen LogP contribution in [0.25, 0.3) is 0 Å². The van der Waals surface area contributed by atoms with Crippen LogP contribution < -0.4 is 10.2 Å². The Labute approximate surface area is 185 Å². The van der Waals surface area contributed by atoms with Gasteiger partial charge in [0.1, 0.15) is 5.69 Å². The Bertz CT molecular complexity index is 1050.